The molecule has 3 unspecified atom stereocenters. The average Bonchev–Trinajstić information content (AvgIpc) is 2.96. The molecule has 22 heavy (non-hydrogen) atoms. The zero-order valence-electron chi connectivity index (χ0n) is 12.5. The lowest BCUT2D eigenvalue weighted by molar-refractivity contribution is -0.757. The molecule has 5 heteroatoms. The number of nitriles is 1. The number of hydrogen-bond acceptors (Lipinski definition) is 3. The third-order valence-corrected chi connectivity index (χ3v) is 8.69. The number of halogens is 1. The Morgan fingerprint density at radius 1 is 1.27 bits per heavy atom. The molecule has 1 saturated carbocycles. The summed E-state index contributed by atoms with van der Waals surface area (Å²) in [5.41, 5.74) is 3.85. The van der Waals surface area contributed by atoms with Gasteiger partial charge in [0.05, 0.1) is 9.17 Å². The van der Waals surface area contributed by atoms with Crippen molar-refractivity contribution in [1.82, 2.24) is 0 Å². The highest BCUT2D eigenvalue weighted by atomic mass is 127. The Morgan fingerprint density at radius 3 is 2.86 bits per heavy atom. The van der Waals surface area contributed by atoms with Gasteiger partial charge in [0.1, 0.15) is 17.3 Å². The molecule has 5 aliphatic rings. The van der Waals surface area contributed by atoms with Gasteiger partial charge in [0.25, 0.3) is 5.03 Å². The summed E-state index contributed by atoms with van der Waals surface area (Å²) in [5.74, 6) is 0.719. The van der Waals surface area contributed by atoms with E-state index in [0.717, 1.165) is 11.5 Å². The van der Waals surface area contributed by atoms with Gasteiger partial charge >= 0.3 is 0 Å². The highest BCUT2D eigenvalue weighted by Gasteiger charge is 2.53. The number of fused-ring (bicyclic) bond motifs is 5. The third kappa shape index (κ3) is 1.77. The summed E-state index contributed by atoms with van der Waals surface area (Å²) in [4.78, 5) is 2.52. The minimum Gasteiger partial charge on any atom is -0.366 e. The van der Waals surface area contributed by atoms with Crippen LogP contribution < -0.4 is 9.47 Å². The Balaban J connectivity index is 1.77. The lowest BCUT2D eigenvalue weighted by atomic mass is 9.84. The zero-order valence-corrected chi connectivity index (χ0v) is 15.4. The summed E-state index contributed by atoms with van der Waals surface area (Å²) in [7, 11) is 0. The van der Waals surface area contributed by atoms with Gasteiger partial charge in [-0.2, -0.15) is 9.83 Å². The first-order valence-electron chi connectivity index (χ1n) is 8.36. The van der Waals surface area contributed by atoms with Crippen LogP contribution in [0.4, 0.5) is 5.69 Å². The molecule has 1 aromatic heterocycles. The lowest BCUT2D eigenvalue weighted by Gasteiger charge is -2.40. The van der Waals surface area contributed by atoms with Gasteiger partial charge in [-0.25, -0.2) is 0 Å². The molecule has 6 rings (SSSR count). The minimum atomic E-state index is 0.608. The molecule has 4 aliphatic heterocycles. The highest BCUT2D eigenvalue weighted by Crippen LogP contribution is 2.50. The number of rotatable bonds is 0. The number of nitrogens with zero attached hydrogens (tertiary/aromatic N) is 3. The van der Waals surface area contributed by atoms with Crippen molar-refractivity contribution in [2.24, 2.45) is 0 Å². The van der Waals surface area contributed by atoms with Crippen LogP contribution in [0.1, 0.15) is 55.3 Å². The molecular formula is C17H19IN3S+. The van der Waals surface area contributed by atoms with E-state index in [1.165, 1.54) is 55.9 Å². The first kappa shape index (κ1) is 13.9. The van der Waals surface area contributed by atoms with Gasteiger partial charge in [-0.15, -0.1) is 0 Å². The maximum absolute atomic E-state index is 9.68. The predicted octanol–water partition coefficient (Wildman–Crippen LogP) is 3.55. The Labute approximate surface area is 149 Å². The Bertz CT molecular complexity index is 690. The van der Waals surface area contributed by atoms with Crippen molar-refractivity contribution in [3.63, 3.8) is 0 Å². The van der Waals surface area contributed by atoms with Crippen molar-refractivity contribution in [2.75, 3.05) is 18.0 Å². The van der Waals surface area contributed by atoms with Gasteiger partial charge in [-0.1, -0.05) is 29.0 Å². The van der Waals surface area contributed by atoms with Gasteiger partial charge in [-0.05, 0) is 43.5 Å². The number of pyridine rings is 1. The summed E-state index contributed by atoms with van der Waals surface area (Å²) >= 11 is 4.66. The van der Waals surface area contributed by atoms with Crippen LogP contribution in [-0.2, 0) is 0 Å². The summed E-state index contributed by atoms with van der Waals surface area (Å²) < 4.78 is 3.35. The molecule has 5 heterocycles. The van der Waals surface area contributed by atoms with Gasteiger partial charge in [0, 0.05) is 19.0 Å². The number of hydrogen-bond donors (Lipinski definition) is 0. The second kappa shape index (κ2) is 5.01. The second-order valence-corrected chi connectivity index (χ2v) is 9.80. The van der Waals surface area contributed by atoms with Crippen molar-refractivity contribution in [2.45, 2.75) is 58.3 Å². The maximum Gasteiger partial charge on any atom is 0.259 e. The van der Waals surface area contributed by atoms with Crippen LogP contribution in [0, 0.1) is 11.3 Å². The van der Waals surface area contributed by atoms with Crippen LogP contribution >= 0.6 is 34.4 Å². The van der Waals surface area contributed by atoms with Gasteiger partial charge in [0.15, 0.2) is 6.04 Å². The van der Waals surface area contributed by atoms with Crippen molar-refractivity contribution in [3.8, 4) is 6.07 Å². The molecule has 3 nitrogen and oxygen atoms in total. The van der Waals surface area contributed by atoms with Crippen molar-refractivity contribution >= 4 is 40.0 Å². The monoisotopic (exact) mass is 424 g/mol. The molecule has 0 spiro atoms. The molecule has 0 N–H and O–H groups in total. The molecule has 114 valence electrons. The van der Waals surface area contributed by atoms with Crippen molar-refractivity contribution in [3.05, 3.63) is 17.3 Å². The maximum atomic E-state index is 9.68. The fourth-order valence-electron chi connectivity index (χ4n) is 4.87. The van der Waals surface area contributed by atoms with Crippen LogP contribution in [-0.4, -0.2) is 22.3 Å². The van der Waals surface area contributed by atoms with E-state index in [0.29, 0.717) is 15.2 Å². The molecule has 0 amide bonds. The zero-order chi connectivity index (χ0) is 14.8. The van der Waals surface area contributed by atoms with E-state index < -0.39 is 0 Å². The molecule has 0 radical (unpaired) electrons. The molecule has 1 saturated heterocycles. The third-order valence-electron chi connectivity index (χ3n) is 5.88. The van der Waals surface area contributed by atoms with Crippen molar-refractivity contribution in [1.29, 1.82) is 5.26 Å². The first-order chi connectivity index (χ1) is 10.8. The highest BCUT2D eigenvalue weighted by molar-refractivity contribution is 14.1. The number of anilines is 1. The van der Waals surface area contributed by atoms with E-state index in [9.17, 15) is 5.26 Å². The van der Waals surface area contributed by atoms with E-state index in [-0.39, 0.29) is 0 Å². The lowest BCUT2D eigenvalue weighted by Crippen LogP contribution is -2.55. The fraction of sp³-hybridized carbons (Fsp3) is 0.647. The van der Waals surface area contributed by atoms with Gasteiger partial charge in [-0.3, -0.25) is 0 Å². The largest absolute Gasteiger partial charge is 0.366 e. The summed E-state index contributed by atoms with van der Waals surface area (Å²) in [5, 5.41) is 11.6. The standard InChI is InChI=1S/C17H19IN3S/c18-12-2-1-3-14-16(12)21-15-10-4-6-20(7-5-10)13(15)8-11(9-19)17(21)22-14/h8,10,12,14,16H,1-7H2/q+1. The number of alkyl halides is 1. The summed E-state index contributed by atoms with van der Waals surface area (Å²) in [6.45, 7) is 2.35. The van der Waals surface area contributed by atoms with E-state index in [4.69, 9.17) is 0 Å². The van der Waals surface area contributed by atoms with E-state index in [2.05, 4.69) is 44.2 Å². The second-order valence-electron chi connectivity index (χ2n) is 6.97. The average molecular weight is 424 g/mol. The minimum absolute atomic E-state index is 0.608. The van der Waals surface area contributed by atoms with E-state index >= 15 is 0 Å². The molecule has 1 aliphatic carbocycles. The number of thioether (sulfide) groups is 1. The smallest absolute Gasteiger partial charge is 0.259 e. The van der Waals surface area contributed by atoms with Gasteiger partial charge in [0.2, 0.25) is 5.69 Å². The fourth-order valence-corrected chi connectivity index (χ4v) is 8.01. The number of piperidine rings is 1. The first-order valence-corrected chi connectivity index (χ1v) is 10.5. The quantitative estimate of drug-likeness (QED) is 0.363. The molecular weight excluding hydrogens is 405 g/mol. The van der Waals surface area contributed by atoms with Crippen LogP contribution in [0.25, 0.3) is 0 Å². The number of aromatic nitrogens is 1. The van der Waals surface area contributed by atoms with Crippen LogP contribution in [0.5, 0.6) is 0 Å². The van der Waals surface area contributed by atoms with Crippen LogP contribution in [0.15, 0.2) is 11.1 Å². The predicted molar refractivity (Wildman–Crippen MR) is 95.9 cm³/mol. The Kier molecular flexibility index (Phi) is 3.17. The van der Waals surface area contributed by atoms with Crippen LogP contribution in [0.2, 0.25) is 0 Å². The van der Waals surface area contributed by atoms with Crippen molar-refractivity contribution < 1.29 is 4.57 Å². The van der Waals surface area contributed by atoms with E-state index in [1.807, 2.05) is 11.8 Å². The summed E-state index contributed by atoms with van der Waals surface area (Å²) in [6, 6.07) is 5.29. The molecule has 1 aromatic rings. The summed E-state index contributed by atoms with van der Waals surface area (Å²) in [6.07, 6.45) is 6.58. The molecule has 3 atom stereocenters. The SMILES string of the molecule is N#Cc1cc2c([n+]3c1SC1CCCC(I)C13)C1CCN2CC1. The molecule has 2 fully saturated rings. The normalized spacial score (nSPS) is 32.4. The van der Waals surface area contributed by atoms with Gasteiger partial charge < -0.3 is 4.90 Å². The van der Waals surface area contributed by atoms with E-state index in [1.54, 1.807) is 5.69 Å². The molecule has 0 aromatic carbocycles. The van der Waals surface area contributed by atoms with Crippen LogP contribution in [0.3, 0.4) is 0 Å². The molecule has 2 bridgehead atoms. The topological polar surface area (TPSA) is 30.9 Å². The Morgan fingerprint density at radius 2 is 2.09 bits per heavy atom. The Hall–Kier alpha value is -0.480.